The summed E-state index contributed by atoms with van der Waals surface area (Å²) in [7, 11) is 0. The van der Waals surface area contributed by atoms with Crippen molar-refractivity contribution in [3.05, 3.63) is 47.9 Å². The van der Waals surface area contributed by atoms with Crippen LogP contribution in [0.2, 0.25) is 0 Å². The van der Waals surface area contributed by atoms with Crippen LogP contribution in [0.3, 0.4) is 0 Å². The first kappa shape index (κ1) is 17.1. The lowest BCUT2D eigenvalue weighted by atomic mass is 10.1. The van der Waals surface area contributed by atoms with Crippen LogP contribution in [0.5, 0.6) is 23.0 Å². The predicted molar refractivity (Wildman–Crippen MR) is 88.9 cm³/mol. The van der Waals surface area contributed by atoms with Gasteiger partial charge in [-0.3, -0.25) is 4.79 Å². The van der Waals surface area contributed by atoms with Gasteiger partial charge in [-0.15, -0.1) is 0 Å². The lowest BCUT2D eigenvalue weighted by Crippen LogP contribution is -2.25. The molecule has 0 aliphatic rings. The summed E-state index contributed by atoms with van der Waals surface area (Å²) in [5, 5.41) is 43.7. The highest BCUT2D eigenvalue weighted by Gasteiger charge is 2.16. The van der Waals surface area contributed by atoms with Crippen LogP contribution in [0.25, 0.3) is 11.4 Å². The van der Waals surface area contributed by atoms with E-state index in [0.29, 0.717) is 12.0 Å². The Morgan fingerprint density at radius 3 is 2.35 bits per heavy atom. The first-order valence-corrected chi connectivity index (χ1v) is 7.59. The molecule has 0 fully saturated rings. The van der Waals surface area contributed by atoms with Crippen LogP contribution >= 0.6 is 0 Å². The molecule has 0 radical (unpaired) electrons. The fourth-order valence-electron chi connectivity index (χ4n) is 2.22. The molecule has 0 aliphatic heterocycles. The van der Waals surface area contributed by atoms with E-state index in [0.717, 1.165) is 5.56 Å². The van der Waals surface area contributed by atoms with Crippen LogP contribution in [-0.2, 0) is 6.42 Å². The summed E-state index contributed by atoms with van der Waals surface area (Å²) in [6.07, 6.45) is 0.423. The molecule has 5 N–H and O–H groups in total. The lowest BCUT2D eigenvalue weighted by molar-refractivity contribution is 0.0910. The van der Waals surface area contributed by atoms with Gasteiger partial charge in [-0.05, 0) is 42.3 Å². The Kier molecular flexibility index (Phi) is 4.61. The van der Waals surface area contributed by atoms with E-state index in [1.165, 1.54) is 30.3 Å². The number of hydrogen-bond donors (Lipinski definition) is 5. The van der Waals surface area contributed by atoms with Gasteiger partial charge >= 0.3 is 11.8 Å². The zero-order valence-corrected chi connectivity index (χ0v) is 13.4. The summed E-state index contributed by atoms with van der Waals surface area (Å²) >= 11 is 0. The molecular weight excluding hydrogens is 342 g/mol. The molecule has 0 aliphatic carbocycles. The maximum atomic E-state index is 12.0. The Morgan fingerprint density at radius 1 is 0.962 bits per heavy atom. The zero-order chi connectivity index (χ0) is 18.7. The normalized spacial score (nSPS) is 10.6. The highest BCUT2D eigenvalue weighted by atomic mass is 16.5. The maximum Gasteiger partial charge on any atom is 0.316 e. The van der Waals surface area contributed by atoms with E-state index in [1.807, 2.05) is 0 Å². The fourth-order valence-corrected chi connectivity index (χ4v) is 2.22. The highest BCUT2D eigenvalue weighted by molar-refractivity contribution is 5.89. The minimum Gasteiger partial charge on any atom is -0.504 e. The van der Waals surface area contributed by atoms with Crippen molar-refractivity contribution >= 4 is 5.91 Å². The fraction of sp³-hybridized carbons (Fsp3) is 0.118. The summed E-state index contributed by atoms with van der Waals surface area (Å²) in [5.74, 6) is -1.79. The molecule has 3 aromatic rings. The van der Waals surface area contributed by atoms with Crippen molar-refractivity contribution in [2.75, 3.05) is 6.54 Å². The standard InChI is InChI=1S/C17H15N3O6/c21-11-3-1-9(7-13(11)23)5-6-18-16(25)17-19-15(20-26-17)10-2-4-12(22)14(24)8-10/h1-4,7-8,21-24H,5-6H2,(H,18,25). The summed E-state index contributed by atoms with van der Waals surface area (Å²) in [6.45, 7) is 0.251. The molecule has 1 aromatic heterocycles. The smallest absolute Gasteiger partial charge is 0.316 e. The van der Waals surface area contributed by atoms with Gasteiger partial charge in [0, 0.05) is 12.1 Å². The largest absolute Gasteiger partial charge is 0.504 e. The molecule has 0 saturated carbocycles. The van der Waals surface area contributed by atoms with Gasteiger partial charge in [0.1, 0.15) is 0 Å². The first-order valence-electron chi connectivity index (χ1n) is 7.59. The van der Waals surface area contributed by atoms with Crippen molar-refractivity contribution in [3.63, 3.8) is 0 Å². The van der Waals surface area contributed by atoms with E-state index in [1.54, 1.807) is 6.07 Å². The molecule has 9 heteroatoms. The second-order valence-electron chi connectivity index (χ2n) is 5.46. The first-order chi connectivity index (χ1) is 12.4. The molecular formula is C17H15N3O6. The van der Waals surface area contributed by atoms with Crippen LogP contribution in [0.1, 0.15) is 16.2 Å². The Labute approximate surface area is 147 Å². The average molecular weight is 357 g/mol. The van der Waals surface area contributed by atoms with Gasteiger partial charge in [-0.25, -0.2) is 0 Å². The number of nitrogens with zero attached hydrogens (tertiary/aromatic N) is 2. The van der Waals surface area contributed by atoms with Gasteiger partial charge in [0.05, 0.1) is 0 Å². The van der Waals surface area contributed by atoms with Gasteiger partial charge in [0.25, 0.3) is 0 Å². The van der Waals surface area contributed by atoms with Gasteiger partial charge in [0.2, 0.25) is 5.82 Å². The molecule has 0 spiro atoms. The minimum atomic E-state index is -0.574. The molecule has 0 unspecified atom stereocenters. The number of carbonyl (C=O) groups excluding carboxylic acids is 1. The molecule has 1 heterocycles. The van der Waals surface area contributed by atoms with E-state index in [-0.39, 0.29) is 41.3 Å². The summed E-state index contributed by atoms with van der Waals surface area (Å²) in [4.78, 5) is 16.0. The van der Waals surface area contributed by atoms with E-state index >= 15 is 0 Å². The number of phenols is 4. The maximum absolute atomic E-state index is 12.0. The number of benzene rings is 2. The Balaban J connectivity index is 1.61. The number of phenolic OH excluding ortho intramolecular Hbond substituents is 4. The third kappa shape index (κ3) is 3.66. The van der Waals surface area contributed by atoms with Crippen molar-refractivity contribution in [3.8, 4) is 34.4 Å². The van der Waals surface area contributed by atoms with Gasteiger partial charge in [-0.1, -0.05) is 11.2 Å². The molecule has 0 bridgehead atoms. The van der Waals surface area contributed by atoms with E-state index in [4.69, 9.17) is 4.52 Å². The second kappa shape index (κ2) is 7.01. The summed E-state index contributed by atoms with van der Waals surface area (Å²) in [5.41, 5.74) is 1.11. The molecule has 26 heavy (non-hydrogen) atoms. The topological polar surface area (TPSA) is 149 Å². The zero-order valence-electron chi connectivity index (χ0n) is 13.4. The van der Waals surface area contributed by atoms with Crippen molar-refractivity contribution < 1.29 is 29.7 Å². The van der Waals surface area contributed by atoms with Gasteiger partial charge in [0.15, 0.2) is 23.0 Å². The minimum absolute atomic E-state index is 0.0916. The lowest BCUT2D eigenvalue weighted by Gasteiger charge is -2.04. The van der Waals surface area contributed by atoms with Crippen LogP contribution in [-0.4, -0.2) is 43.0 Å². The van der Waals surface area contributed by atoms with E-state index in [2.05, 4.69) is 15.5 Å². The number of carbonyl (C=O) groups is 1. The summed E-state index contributed by atoms with van der Waals surface area (Å²) < 4.78 is 4.90. The molecule has 2 aromatic carbocycles. The van der Waals surface area contributed by atoms with Crippen molar-refractivity contribution in [1.82, 2.24) is 15.5 Å². The Hall–Kier alpha value is -3.75. The van der Waals surface area contributed by atoms with E-state index < -0.39 is 5.91 Å². The van der Waals surface area contributed by atoms with Crippen molar-refractivity contribution in [1.29, 1.82) is 0 Å². The van der Waals surface area contributed by atoms with Gasteiger partial charge < -0.3 is 30.3 Å². The summed E-state index contributed by atoms with van der Waals surface area (Å²) in [6, 6.07) is 8.39. The Morgan fingerprint density at radius 2 is 1.65 bits per heavy atom. The van der Waals surface area contributed by atoms with E-state index in [9.17, 15) is 25.2 Å². The van der Waals surface area contributed by atoms with Gasteiger partial charge in [-0.2, -0.15) is 4.98 Å². The predicted octanol–water partition coefficient (Wildman–Crippen LogP) is 1.53. The highest BCUT2D eigenvalue weighted by Crippen LogP contribution is 2.29. The molecule has 9 nitrogen and oxygen atoms in total. The molecule has 0 atom stereocenters. The monoisotopic (exact) mass is 357 g/mol. The number of nitrogens with one attached hydrogen (secondary N) is 1. The van der Waals surface area contributed by atoms with Crippen molar-refractivity contribution in [2.24, 2.45) is 0 Å². The van der Waals surface area contributed by atoms with Crippen LogP contribution < -0.4 is 5.32 Å². The number of aromatic nitrogens is 2. The average Bonchev–Trinajstić information content (AvgIpc) is 3.10. The van der Waals surface area contributed by atoms with Crippen LogP contribution in [0.15, 0.2) is 40.9 Å². The second-order valence-corrected chi connectivity index (χ2v) is 5.46. The molecule has 3 rings (SSSR count). The van der Waals surface area contributed by atoms with Crippen LogP contribution in [0.4, 0.5) is 0 Å². The third-order valence-corrected chi connectivity index (χ3v) is 3.59. The Bertz CT molecular complexity index is 953. The van der Waals surface area contributed by atoms with Crippen LogP contribution in [0, 0.1) is 0 Å². The number of aromatic hydroxyl groups is 4. The number of amides is 1. The molecule has 1 amide bonds. The SMILES string of the molecule is O=C(NCCc1ccc(O)c(O)c1)c1nc(-c2ccc(O)c(O)c2)no1. The molecule has 134 valence electrons. The number of hydrogen-bond acceptors (Lipinski definition) is 8. The molecule has 0 saturated heterocycles. The number of rotatable bonds is 5. The van der Waals surface area contributed by atoms with Crippen molar-refractivity contribution in [2.45, 2.75) is 6.42 Å². The third-order valence-electron chi connectivity index (χ3n) is 3.59. The quantitative estimate of drug-likeness (QED) is 0.432.